The minimum absolute atomic E-state index is 0.301. The molecule has 6 heteroatoms. The van der Waals surface area contributed by atoms with Crippen molar-refractivity contribution in [1.82, 2.24) is 5.06 Å². The molecule has 0 atom stereocenters. The zero-order chi connectivity index (χ0) is 9.07. The molecule has 0 unspecified atom stereocenters. The summed E-state index contributed by atoms with van der Waals surface area (Å²) in [4.78, 5) is 4.70. The first-order chi connectivity index (χ1) is 4.87. The van der Waals surface area contributed by atoms with Gasteiger partial charge < -0.3 is 0 Å². The van der Waals surface area contributed by atoms with Gasteiger partial charge in [0.15, 0.2) is 0 Å². The Labute approximate surface area is 66.7 Å². The lowest BCUT2D eigenvalue weighted by atomic mass is 10.7. The van der Waals surface area contributed by atoms with Gasteiger partial charge in [0.1, 0.15) is 5.84 Å². The lowest BCUT2D eigenvalue weighted by Crippen LogP contribution is -2.23. The van der Waals surface area contributed by atoms with Crippen LogP contribution in [0.25, 0.3) is 0 Å². The van der Waals surface area contributed by atoms with E-state index in [9.17, 15) is 8.42 Å². The van der Waals surface area contributed by atoms with Gasteiger partial charge >= 0.3 is 0 Å². The Hall–Kier alpha value is -0.620. The van der Waals surface area contributed by atoms with E-state index in [0.717, 1.165) is 6.26 Å². The van der Waals surface area contributed by atoms with E-state index in [4.69, 9.17) is 4.84 Å². The molecule has 0 spiro atoms. The van der Waals surface area contributed by atoms with Gasteiger partial charge in [-0.05, 0) is 6.92 Å². The first-order valence-electron chi connectivity index (χ1n) is 2.91. The van der Waals surface area contributed by atoms with Crippen molar-refractivity contribution in [2.45, 2.75) is 6.92 Å². The molecule has 66 valence electrons. The van der Waals surface area contributed by atoms with Crippen LogP contribution in [0.2, 0.25) is 0 Å². The number of sulfonamides is 1. The van der Waals surface area contributed by atoms with E-state index in [0.29, 0.717) is 5.84 Å². The second-order valence-corrected chi connectivity index (χ2v) is 3.70. The average Bonchev–Trinajstić information content (AvgIpc) is 1.82. The molecule has 11 heavy (non-hydrogen) atoms. The molecule has 0 aromatic rings. The van der Waals surface area contributed by atoms with E-state index < -0.39 is 10.0 Å². The molecule has 0 amide bonds. The van der Waals surface area contributed by atoms with Crippen LogP contribution in [-0.4, -0.2) is 39.7 Å². The molecule has 0 heterocycles. The van der Waals surface area contributed by atoms with Crippen molar-refractivity contribution in [2.24, 2.45) is 4.40 Å². The van der Waals surface area contributed by atoms with Crippen molar-refractivity contribution in [1.29, 1.82) is 0 Å². The highest BCUT2D eigenvalue weighted by molar-refractivity contribution is 7.89. The zero-order valence-electron chi connectivity index (χ0n) is 7.03. The van der Waals surface area contributed by atoms with Gasteiger partial charge in [-0.2, -0.15) is 0 Å². The van der Waals surface area contributed by atoms with E-state index >= 15 is 0 Å². The van der Waals surface area contributed by atoms with Crippen molar-refractivity contribution < 1.29 is 13.3 Å². The van der Waals surface area contributed by atoms with Gasteiger partial charge in [0, 0.05) is 7.05 Å². The second-order valence-electron chi connectivity index (χ2n) is 2.05. The predicted molar refractivity (Wildman–Crippen MR) is 42.7 cm³/mol. The van der Waals surface area contributed by atoms with E-state index in [-0.39, 0.29) is 0 Å². The van der Waals surface area contributed by atoms with E-state index in [1.165, 1.54) is 12.2 Å². The van der Waals surface area contributed by atoms with Crippen LogP contribution in [-0.2, 0) is 14.9 Å². The van der Waals surface area contributed by atoms with Crippen LogP contribution in [0.5, 0.6) is 0 Å². The summed E-state index contributed by atoms with van der Waals surface area (Å²) in [7, 11) is -0.307. The van der Waals surface area contributed by atoms with Gasteiger partial charge in [-0.3, -0.25) is 4.84 Å². The smallest absolute Gasteiger partial charge is 0.251 e. The number of nitrogens with zero attached hydrogens (tertiary/aromatic N) is 2. The molecule has 0 bridgehead atoms. The molecule has 0 aliphatic rings. The molecule has 0 fully saturated rings. The first-order valence-corrected chi connectivity index (χ1v) is 4.76. The number of amidine groups is 1. The number of hydroxylamine groups is 2. The number of hydrogen-bond acceptors (Lipinski definition) is 3. The minimum atomic E-state index is -3.31. The summed E-state index contributed by atoms with van der Waals surface area (Å²) in [5.74, 6) is 0.301. The van der Waals surface area contributed by atoms with Gasteiger partial charge in [0.05, 0.1) is 13.4 Å². The zero-order valence-corrected chi connectivity index (χ0v) is 7.84. The van der Waals surface area contributed by atoms with E-state index in [2.05, 4.69) is 4.40 Å². The van der Waals surface area contributed by atoms with Crippen molar-refractivity contribution in [3.8, 4) is 0 Å². The highest BCUT2D eigenvalue weighted by Gasteiger charge is 2.02. The highest BCUT2D eigenvalue weighted by Crippen LogP contribution is 1.91. The summed E-state index contributed by atoms with van der Waals surface area (Å²) >= 11 is 0. The van der Waals surface area contributed by atoms with Gasteiger partial charge in [-0.15, -0.1) is 4.40 Å². The topological polar surface area (TPSA) is 59.0 Å². The fourth-order valence-electron chi connectivity index (χ4n) is 0.430. The fourth-order valence-corrected chi connectivity index (χ4v) is 1.02. The molecule has 0 saturated heterocycles. The van der Waals surface area contributed by atoms with Crippen molar-refractivity contribution in [3.63, 3.8) is 0 Å². The summed E-state index contributed by atoms with van der Waals surface area (Å²) in [6.07, 6.45) is 1.03. The van der Waals surface area contributed by atoms with Crippen LogP contribution in [0.15, 0.2) is 4.40 Å². The van der Waals surface area contributed by atoms with E-state index in [1.54, 1.807) is 14.0 Å². The Morgan fingerprint density at radius 3 is 2.27 bits per heavy atom. The summed E-state index contributed by atoms with van der Waals surface area (Å²) in [5, 5.41) is 1.26. The Morgan fingerprint density at radius 1 is 1.55 bits per heavy atom. The maximum atomic E-state index is 10.6. The van der Waals surface area contributed by atoms with Gasteiger partial charge in [-0.25, -0.2) is 13.5 Å². The average molecular weight is 180 g/mol. The molecular formula is C5H12N2O3S. The molecule has 0 saturated carbocycles. The van der Waals surface area contributed by atoms with Gasteiger partial charge in [0.25, 0.3) is 10.0 Å². The van der Waals surface area contributed by atoms with Gasteiger partial charge in [0.2, 0.25) is 0 Å². The molecule has 0 aliphatic carbocycles. The Kier molecular flexibility index (Phi) is 3.47. The van der Waals surface area contributed by atoms with Crippen LogP contribution in [0.1, 0.15) is 6.92 Å². The predicted octanol–water partition coefficient (Wildman–Crippen LogP) is -0.142. The summed E-state index contributed by atoms with van der Waals surface area (Å²) in [5.41, 5.74) is 0. The third-order valence-corrected chi connectivity index (χ3v) is 1.62. The molecule has 0 aromatic heterocycles. The van der Waals surface area contributed by atoms with E-state index in [1.807, 2.05) is 0 Å². The largest absolute Gasteiger partial charge is 0.276 e. The third-order valence-electron chi connectivity index (χ3n) is 1.03. The SMILES string of the molecule is CON(C)C(C)=NS(C)(=O)=O. The number of hydrogen-bond donors (Lipinski definition) is 0. The van der Waals surface area contributed by atoms with Crippen LogP contribution < -0.4 is 0 Å². The second kappa shape index (κ2) is 3.68. The molecule has 0 aliphatic heterocycles. The molecular weight excluding hydrogens is 168 g/mol. The quantitative estimate of drug-likeness (QED) is 0.337. The standard InChI is InChI=1S/C5H12N2O3S/c1-5(7(2)10-3)6-11(4,8)9/h1-4H3. The van der Waals surface area contributed by atoms with Crippen LogP contribution in [0.3, 0.4) is 0 Å². The maximum Gasteiger partial charge on any atom is 0.251 e. The molecule has 0 N–H and O–H groups in total. The summed E-state index contributed by atoms with van der Waals surface area (Å²) in [6, 6.07) is 0. The van der Waals surface area contributed by atoms with Crippen LogP contribution in [0, 0.1) is 0 Å². The minimum Gasteiger partial charge on any atom is -0.276 e. The molecule has 0 radical (unpaired) electrons. The lowest BCUT2D eigenvalue weighted by Gasteiger charge is -2.13. The fraction of sp³-hybridized carbons (Fsp3) is 0.800. The monoisotopic (exact) mass is 180 g/mol. The van der Waals surface area contributed by atoms with Crippen molar-refractivity contribution in [3.05, 3.63) is 0 Å². The summed E-state index contributed by atoms with van der Waals surface area (Å²) in [6.45, 7) is 1.55. The first kappa shape index (κ1) is 10.4. The Bertz CT molecular complexity index is 244. The van der Waals surface area contributed by atoms with Crippen LogP contribution in [0.4, 0.5) is 0 Å². The Balaban J connectivity index is 4.48. The molecule has 0 aromatic carbocycles. The Morgan fingerprint density at radius 2 is 2.00 bits per heavy atom. The van der Waals surface area contributed by atoms with Gasteiger partial charge in [-0.1, -0.05) is 0 Å². The number of rotatable bonds is 2. The lowest BCUT2D eigenvalue weighted by molar-refractivity contribution is -0.0420. The molecule has 5 nitrogen and oxygen atoms in total. The van der Waals surface area contributed by atoms with Crippen molar-refractivity contribution >= 4 is 15.9 Å². The molecule has 0 rings (SSSR count). The van der Waals surface area contributed by atoms with Crippen molar-refractivity contribution in [2.75, 3.05) is 20.4 Å². The third kappa shape index (κ3) is 4.74. The summed E-state index contributed by atoms with van der Waals surface area (Å²) < 4.78 is 24.6. The maximum absolute atomic E-state index is 10.6. The highest BCUT2D eigenvalue weighted by atomic mass is 32.2. The van der Waals surface area contributed by atoms with Crippen LogP contribution >= 0.6 is 0 Å². The normalized spacial score (nSPS) is 13.3.